The van der Waals surface area contributed by atoms with Gasteiger partial charge in [-0.15, -0.1) is 0 Å². The minimum atomic E-state index is -0.231. The van der Waals surface area contributed by atoms with E-state index in [1.807, 2.05) is 6.20 Å². The zero-order valence-electron chi connectivity index (χ0n) is 12.3. The Labute approximate surface area is 115 Å². The molecule has 2 aliphatic rings. The van der Waals surface area contributed by atoms with Gasteiger partial charge < -0.3 is 9.47 Å². The first-order valence-corrected chi connectivity index (χ1v) is 7.24. The van der Waals surface area contributed by atoms with Crippen LogP contribution in [-0.4, -0.2) is 18.2 Å². The van der Waals surface area contributed by atoms with Gasteiger partial charge in [0.1, 0.15) is 5.60 Å². The lowest BCUT2D eigenvalue weighted by atomic mass is 9.81. The quantitative estimate of drug-likeness (QED) is 0.777. The highest BCUT2D eigenvalue weighted by atomic mass is 16.5. The van der Waals surface area contributed by atoms with E-state index in [1.165, 1.54) is 11.1 Å². The molecule has 0 amide bonds. The Hall–Kier alpha value is -0.930. The van der Waals surface area contributed by atoms with E-state index in [-0.39, 0.29) is 11.2 Å². The second kappa shape index (κ2) is 4.29. The fourth-order valence-corrected chi connectivity index (χ4v) is 3.48. The Kier molecular flexibility index (Phi) is 2.95. The third-order valence-corrected chi connectivity index (χ3v) is 4.90. The molecule has 1 spiro atoms. The summed E-state index contributed by atoms with van der Waals surface area (Å²) in [5.41, 5.74) is 3.31. The van der Waals surface area contributed by atoms with Crippen LogP contribution in [0.4, 0.5) is 0 Å². The summed E-state index contributed by atoms with van der Waals surface area (Å²) in [5, 5.41) is 0. The molecule has 1 fully saturated rings. The lowest BCUT2D eigenvalue weighted by Gasteiger charge is -2.38. The topological polar surface area (TPSA) is 31.4 Å². The van der Waals surface area contributed by atoms with Gasteiger partial charge in [0, 0.05) is 37.8 Å². The number of hydrogen-bond donors (Lipinski definition) is 0. The van der Waals surface area contributed by atoms with Crippen LogP contribution >= 0.6 is 0 Å². The van der Waals surface area contributed by atoms with Crippen molar-refractivity contribution in [1.29, 1.82) is 0 Å². The van der Waals surface area contributed by atoms with E-state index in [2.05, 4.69) is 33.8 Å². The van der Waals surface area contributed by atoms with Gasteiger partial charge in [0.25, 0.3) is 0 Å². The zero-order valence-corrected chi connectivity index (χ0v) is 12.3. The van der Waals surface area contributed by atoms with Crippen molar-refractivity contribution in [3.63, 3.8) is 0 Å². The third-order valence-electron chi connectivity index (χ3n) is 4.90. The molecule has 2 aliphatic heterocycles. The third kappa shape index (κ3) is 1.75. The van der Waals surface area contributed by atoms with Crippen molar-refractivity contribution >= 4 is 0 Å². The predicted molar refractivity (Wildman–Crippen MR) is 74.0 cm³/mol. The molecule has 0 N–H and O–H groups in total. The summed E-state index contributed by atoms with van der Waals surface area (Å²) in [4.78, 5) is 4.69. The van der Waals surface area contributed by atoms with Gasteiger partial charge in [-0.2, -0.15) is 0 Å². The molecule has 3 heteroatoms. The van der Waals surface area contributed by atoms with E-state index < -0.39 is 0 Å². The number of rotatable bonds is 1. The lowest BCUT2D eigenvalue weighted by molar-refractivity contribution is -0.189. The van der Waals surface area contributed by atoms with Gasteiger partial charge in [0.2, 0.25) is 0 Å². The van der Waals surface area contributed by atoms with Crippen LogP contribution in [0.15, 0.2) is 12.3 Å². The minimum absolute atomic E-state index is 0.224. The summed E-state index contributed by atoms with van der Waals surface area (Å²) >= 11 is 0. The van der Waals surface area contributed by atoms with Gasteiger partial charge in [-0.25, -0.2) is 0 Å². The number of aryl methyl sites for hydroxylation is 1. The number of ether oxygens (including phenoxy) is 2. The van der Waals surface area contributed by atoms with E-state index >= 15 is 0 Å². The first kappa shape index (κ1) is 13.1. The molecular formula is C16H23NO2. The number of fused-ring (bicyclic) bond motifs is 2. The summed E-state index contributed by atoms with van der Waals surface area (Å²) in [7, 11) is 0. The van der Waals surface area contributed by atoms with Crippen molar-refractivity contribution in [2.45, 2.75) is 51.7 Å². The van der Waals surface area contributed by atoms with Crippen molar-refractivity contribution in [2.75, 3.05) is 13.2 Å². The van der Waals surface area contributed by atoms with Gasteiger partial charge in [0.05, 0.1) is 11.3 Å². The highest BCUT2D eigenvalue weighted by molar-refractivity contribution is 5.42. The molecule has 1 saturated heterocycles. The highest BCUT2D eigenvalue weighted by Crippen LogP contribution is 2.54. The Balaban J connectivity index is 2.18. The van der Waals surface area contributed by atoms with Crippen LogP contribution in [0.25, 0.3) is 0 Å². The zero-order chi connectivity index (χ0) is 13.7. The van der Waals surface area contributed by atoms with Crippen LogP contribution < -0.4 is 0 Å². The Morgan fingerprint density at radius 3 is 2.58 bits per heavy atom. The van der Waals surface area contributed by atoms with E-state index in [9.17, 15) is 0 Å². The van der Waals surface area contributed by atoms with Crippen LogP contribution in [0.2, 0.25) is 0 Å². The molecule has 0 aliphatic carbocycles. The largest absolute Gasteiger partial charge is 0.381 e. The minimum Gasteiger partial charge on any atom is -0.381 e. The maximum absolute atomic E-state index is 6.65. The molecule has 0 saturated carbocycles. The first-order valence-electron chi connectivity index (χ1n) is 7.24. The average molecular weight is 261 g/mol. The number of pyridine rings is 1. The lowest BCUT2D eigenvalue weighted by Crippen LogP contribution is -2.38. The molecule has 1 aromatic heterocycles. The average Bonchev–Trinajstić information content (AvgIpc) is 2.63. The standard InChI is InChI=1S/C16H23NO2/c1-11(2)15(4)13-12(3)5-8-17-14(13)16(19-15)6-9-18-10-7-16/h5,8,11H,6-7,9-10H2,1-4H3. The molecule has 0 aromatic carbocycles. The van der Waals surface area contributed by atoms with Crippen molar-refractivity contribution < 1.29 is 9.47 Å². The van der Waals surface area contributed by atoms with Gasteiger partial charge in [-0.05, 0) is 31.4 Å². The highest BCUT2D eigenvalue weighted by Gasteiger charge is 2.54. The maximum Gasteiger partial charge on any atom is 0.116 e. The summed E-state index contributed by atoms with van der Waals surface area (Å²) in [5.74, 6) is 0.427. The summed E-state index contributed by atoms with van der Waals surface area (Å²) < 4.78 is 12.2. The molecule has 3 rings (SSSR count). The predicted octanol–water partition coefficient (Wildman–Crippen LogP) is 3.30. The molecule has 104 valence electrons. The molecule has 3 nitrogen and oxygen atoms in total. The van der Waals surface area contributed by atoms with Crippen LogP contribution in [0, 0.1) is 12.8 Å². The second-order valence-electron chi connectivity index (χ2n) is 6.32. The van der Waals surface area contributed by atoms with E-state index in [0.717, 1.165) is 31.7 Å². The SMILES string of the molecule is Cc1ccnc2c1C(C)(C(C)C)OC21CCOCC1. The molecule has 0 bridgehead atoms. The van der Waals surface area contributed by atoms with Crippen molar-refractivity contribution in [3.8, 4) is 0 Å². The Morgan fingerprint density at radius 1 is 1.26 bits per heavy atom. The Morgan fingerprint density at radius 2 is 1.95 bits per heavy atom. The van der Waals surface area contributed by atoms with Gasteiger partial charge in [-0.3, -0.25) is 4.98 Å². The molecule has 19 heavy (non-hydrogen) atoms. The van der Waals surface area contributed by atoms with Crippen LogP contribution in [0.5, 0.6) is 0 Å². The van der Waals surface area contributed by atoms with E-state index in [0.29, 0.717) is 5.92 Å². The molecular weight excluding hydrogens is 238 g/mol. The Bertz CT molecular complexity index is 492. The fraction of sp³-hybridized carbons (Fsp3) is 0.688. The van der Waals surface area contributed by atoms with Crippen molar-refractivity contribution in [1.82, 2.24) is 4.98 Å². The van der Waals surface area contributed by atoms with E-state index in [4.69, 9.17) is 14.5 Å². The second-order valence-corrected chi connectivity index (χ2v) is 6.32. The number of hydrogen-bond acceptors (Lipinski definition) is 3. The molecule has 1 aromatic rings. The first-order chi connectivity index (χ1) is 9.00. The van der Waals surface area contributed by atoms with Crippen molar-refractivity contribution in [3.05, 3.63) is 29.1 Å². The monoisotopic (exact) mass is 261 g/mol. The smallest absolute Gasteiger partial charge is 0.116 e. The van der Waals surface area contributed by atoms with Crippen LogP contribution in [-0.2, 0) is 20.7 Å². The molecule has 3 heterocycles. The van der Waals surface area contributed by atoms with Gasteiger partial charge in [0.15, 0.2) is 0 Å². The molecule has 1 unspecified atom stereocenters. The van der Waals surface area contributed by atoms with Crippen LogP contribution in [0.3, 0.4) is 0 Å². The summed E-state index contributed by atoms with van der Waals surface area (Å²) in [6, 6.07) is 2.10. The number of aromatic nitrogens is 1. The van der Waals surface area contributed by atoms with Crippen molar-refractivity contribution in [2.24, 2.45) is 5.92 Å². The van der Waals surface area contributed by atoms with Gasteiger partial charge in [-0.1, -0.05) is 13.8 Å². The fourth-order valence-electron chi connectivity index (χ4n) is 3.48. The van der Waals surface area contributed by atoms with Gasteiger partial charge >= 0.3 is 0 Å². The maximum atomic E-state index is 6.65. The summed E-state index contributed by atoms with van der Waals surface area (Å²) in [6.45, 7) is 10.4. The number of nitrogens with zero attached hydrogens (tertiary/aromatic N) is 1. The molecule has 0 radical (unpaired) electrons. The summed E-state index contributed by atoms with van der Waals surface area (Å²) in [6.07, 6.45) is 3.75. The normalized spacial score (nSPS) is 28.9. The van der Waals surface area contributed by atoms with Crippen LogP contribution in [0.1, 0.15) is 50.4 Å². The molecule has 1 atom stereocenters. The van der Waals surface area contributed by atoms with E-state index in [1.54, 1.807) is 0 Å².